The van der Waals surface area contributed by atoms with Gasteiger partial charge in [-0.3, -0.25) is 4.79 Å². The van der Waals surface area contributed by atoms with Gasteiger partial charge < -0.3 is 10.4 Å². The van der Waals surface area contributed by atoms with Gasteiger partial charge in [0, 0.05) is 6.42 Å². The Morgan fingerprint density at radius 1 is 1.23 bits per heavy atom. The van der Waals surface area contributed by atoms with Gasteiger partial charge in [0.15, 0.2) is 0 Å². The Balaban J connectivity index is 1.96. The topological polar surface area (TPSA) is 66.4 Å². The average Bonchev–Trinajstić information content (AvgIpc) is 3.28. The lowest BCUT2D eigenvalue weighted by Gasteiger charge is -2.22. The van der Waals surface area contributed by atoms with Gasteiger partial charge in [0.1, 0.15) is 6.04 Å². The van der Waals surface area contributed by atoms with Crippen molar-refractivity contribution in [3.05, 3.63) is 35.9 Å². The van der Waals surface area contributed by atoms with Crippen molar-refractivity contribution in [2.45, 2.75) is 51.5 Å². The van der Waals surface area contributed by atoms with Gasteiger partial charge in [-0.15, -0.1) is 0 Å². The number of carbonyl (C=O) groups excluding carboxylic acids is 1. The molecule has 0 saturated heterocycles. The molecule has 1 aliphatic carbocycles. The number of nitrogens with one attached hydrogen (secondary N) is 1. The average molecular weight is 303 g/mol. The molecule has 2 N–H and O–H groups in total. The van der Waals surface area contributed by atoms with Crippen molar-refractivity contribution < 1.29 is 14.7 Å². The summed E-state index contributed by atoms with van der Waals surface area (Å²) < 4.78 is 0. The molecule has 1 aromatic carbocycles. The van der Waals surface area contributed by atoms with Crippen molar-refractivity contribution in [2.75, 3.05) is 0 Å². The lowest BCUT2D eigenvalue weighted by molar-refractivity contribution is -0.142. The van der Waals surface area contributed by atoms with Crippen molar-refractivity contribution in [3.63, 3.8) is 0 Å². The highest BCUT2D eigenvalue weighted by Crippen LogP contribution is 2.34. The first-order valence-corrected chi connectivity index (χ1v) is 8.04. The Labute approximate surface area is 131 Å². The van der Waals surface area contributed by atoms with Crippen LogP contribution in [-0.4, -0.2) is 23.0 Å². The normalized spacial score (nSPS) is 17.0. The Kier molecular flexibility index (Phi) is 5.58. The molecule has 1 amide bonds. The third-order valence-corrected chi connectivity index (χ3v) is 4.34. The molecule has 0 aromatic heterocycles. The molecule has 2 rings (SSSR count). The summed E-state index contributed by atoms with van der Waals surface area (Å²) in [4.78, 5) is 23.5. The maximum Gasteiger partial charge on any atom is 0.326 e. The fourth-order valence-electron chi connectivity index (χ4n) is 2.80. The van der Waals surface area contributed by atoms with Crippen LogP contribution in [0, 0.1) is 11.8 Å². The molecule has 22 heavy (non-hydrogen) atoms. The number of amides is 1. The van der Waals surface area contributed by atoms with Crippen molar-refractivity contribution in [2.24, 2.45) is 11.8 Å². The quantitative estimate of drug-likeness (QED) is 0.775. The fraction of sp³-hybridized carbons (Fsp3) is 0.556. The summed E-state index contributed by atoms with van der Waals surface area (Å²) in [6.07, 6.45) is 3.05. The zero-order chi connectivity index (χ0) is 16.1. The fourth-order valence-corrected chi connectivity index (χ4v) is 2.80. The maximum atomic E-state index is 12.3. The Bertz CT molecular complexity index is 508. The van der Waals surface area contributed by atoms with Gasteiger partial charge >= 0.3 is 5.97 Å². The first-order valence-electron chi connectivity index (χ1n) is 8.04. The zero-order valence-electron chi connectivity index (χ0n) is 13.3. The van der Waals surface area contributed by atoms with E-state index in [1.165, 1.54) is 0 Å². The first kappa shape index (κ1) is 16.5. The molecule has 4 heteroatoms. The number of carboxylic acid groups (broad SMARTS) is 1. The molecule has 0 aliphatic heterocycles. The van der Waals surface area contributed by atoms with Crippen LogP contribution in [0.3, 0.4) is 0 Å². The van der Waals surface area contributed by atoms with Crippen molar-refractivity contribution in [1.82, 2.24) is 5.32 Å². The summed E-state index contributed by atoms with van der Waals surface area (Å²) in [5.74, 6) is -0.204. The highest BCUT2D eigenvalue weighted by Gasteiger charge is 2.31. The molecule has 1 saturated carbocycles. The molecule has 2 atom stereocenters. The number of aliphatic carboxylic acids is 1. The summed E-state index contributed by atoms with van der Waals surface area (Å²) in [6, 6.07) is 9.19. The van der Waals surface area contributed by atoms with Gasteiger partial charge in [0.2, 0.25) is 5.91 Å². The van der Waals surface area contributed by atoms with Gasteiger partial charge in [-0.2, -0.15) is 0 Å². The second kappa shape index (κ2) is 7.43. The van der Waals surface area contributed by atoms with Crippen LogP contribution in [0.15, 0.2) is 30.3 Å². The lowest BCUT2D eigenvalue weighted by atomic mass is 9.85. The second-order valence-corrected chi connectivity index (χ2v) is 6.60. The van der Waals surface area contributed by atoms with Gasteiger partial charge in [0.05, 0.1) is 0 Å². The minimum absolute atomic E-state index is 0.108. The number of carbonyl (C=O) groups is 2. The first-order chi connectivity index (χ1) is 10.5. The number of rotatable bonds is 8. The van der Waals surface area contributed by atoms with Crippen molar-refractivity contribution >= 4 is 11.9 Å². The largest absolute Gasteiger partial charge is 0.480 e. The molecule has 1 aromatic rings. The zero-order valence-corrected chi connectivity index (χ0v) is 13.3. The number of hydrogen-bond acceptors (Lipinski definition) is 2. The van der Waals surface area contributed by atoms with E-state index in [9.17, 15) is 14.7 Å². The summed E-state index contributed by atoms with van der Waals surface area (Å²) in [5.41, 5.74) is 1.13. The number of benzene rings is 1. The summed E-state index contributed by atoms with van der Waals surface area (Å²) in [7, 11) is 0. The predicted molar refractivity (Wildman–Crippen MR) is 85.5 cm³/mol. The standard InChI is InChI=1S/C18H25NO3/c1-12(2)15(14-6-4-3-5-7-14)11-17(20)19-16(18(21)22)10-13-8-9-13/h3-7,12-13,15-16H,8-11H2,1-2H3,(H,19,20)(H,21,22). The van der Waals surface area contributed by atoms with Crippen molar-refractivity contribution in [3.8, 4) is 0 Å². The SMILES string of the molecule is CC(C)C(CC(=O)NC(CC1CC1)C(=O)O)c1ccccc1. The molecule has 4 nitrogen and oxygen atoms in total. The summed E-state index contributed by atoms with van der Waals surface area (Å²) >= 11 is 0. The highest BCUT2D eigenvalue weighted by atomic mass is 16.4. The van der Waals surface area contributed by atoms with Gasteiger partial charge in [-0.05, 0) is 29.7 Å². The van der Waals surface area contributed by atoms with Crippen molar-refractivity contribution in [1.29, 1.82) is 0 Å². The molecular weight excluding hydrogens is 278 g/mol. The number of hydrogen-bond donors (Lipinski definition) is 2. The molecule has 0 bridgehead atoms. The predicted octanol–water partition coefficient (Wildman–Crippen LogP) is 3.19. The van der Waals surface area contributed by atoms with Crippen LogP contribution in [0.1, 0.15) is 51.0 Å². The van der Waals surface area contributed by atoms with Gasteiger partial charge in [-0.1, -0.05) is 57.0 Å². The van der Waals surface area contributed by atoms with Gasteiger partial charge in [-0.25, -0.2) is 4.79 Å². The summed E-state index contributed by atoms with van der Waals surface area (Å²) in [6.45, 7) is 4.17. The van der Waals surface area contributed by atoms with Crippen LogP contribution >= 0.6 is 0 Å². The minimum atomic E-state index is -0.930. The van der Waals surface area contributed by atoms with E-state index in [2.05, 4.69) is 19.2 Å². The molecule has 0 heterocycles. The second-order valence-electron chi connectivity index (χ2n) is 6.60. The van der Waals surface area contributed by atoms with E-state index in [1.54, 1.807) is 0 Å². The van der Waals surface area contributed by atoms with E-state index in [1.807, 2.05) is 30.3 Å². The third-order valence-electron chi connectivity index (χ3n) is 4.34. The monoisotopic (exact) mass is 303 g/mol. The maximum absolute atomic E-state index is 12.3. The van der Waals surface area contributed by atoms with Crippen LogP contribution in [0.5, 0.6) is 0 Å². The number of carboxylic acids is 1. The Hall–Kier alpha value is -1.84. The van der Waals surface area contributed by atoms with E-state index in [-0.39, 0.29) is 11.8 Å². The van der Waals surface area contributed by atoms with E-state index >= 15 is 0 Å². The molecular formula is C18H25NO3. The van der Waals surface area contributed by atoms with Crippen LogP contribution in [-0.2, 0) is 9.59 Å². The van der Waals surface area contributed by atoms with Crippen LogP contribution in [0.2, 0.25) is 0 Å². The summed E-state index contributed by atoms with van der Waals surface area (Å²) in [5, 5.41) is 11.9. The highest BCUT2D eigenvalue weighted by molar-refractivity contribution is 5.84. The smallest absolute Gasteiger partial charge is 0.326 e. The molecule has 0 spiro atoms. The Morgan fingerprint density at radius 3 is 2.36 bits per heavy atom. The van der Waals surface area contributed by atoms with Crippen LogP contribution in [0.4, 0.5) is 0 Å². The van der Waals surface area contributed by atoms with Crippen LogP contribution in [0.25, 0.3) is 0 Å². The van der Waals surface area contributed by atoms with Crippen LogP contribution < -0.4 is 5.32 Å². The van der Waals surface area contributed by atoms with E-state index in [0.717, 1.165) is 18.4 Å². The van der Waals surface area contributed by atoms with Gasteiger partial charge in [0.25, 0.3) is 0 Å². The van der Waals surface area contributed by atoms with E-state index < -0.39 is 12.0 Å². The lowest BCUT2D eigenvalue weighted by Crippen LogP contribution is -2.41. The molecule has 120 valence electrons. The molecule has 0 radical (unpaired) electrons. The Morgan fingerprint density at radius 2 is 1.86 bits per heavy atom. The minimum Gasteiger partial charge on any atom is -0.480 e. The molecule has 2 unspecified atom stereocenters. The van der Waals surface area contributed by atoms with E-state index in [0.29, 0.717) is 24.7 Å². The molecule has 1 fully saturated rings. The molecule has 1 aliphatic rings. The third kappa shape index (κ3) is 4.86. The van der Waals surface area contributed by atoms with E-state index in [4.69, 9.17) is 0 Å².